The molecule has 0 aliphatic carbocycles. The van der Waals surface area contributed by atoms with Gasteiger partial charge < -0.3 is 14.2 Å². The molecule has 0 bridgehead atoms. The summed E-state index contributed by atoms with van der Waals surface area (Å²) in [6.07, 6.45) is 61.6. The summed E-state index contributed by atoms with van der Waals surface area (Å²) in [7, 11) is 0. The van der Waals surface area contributed by atoms with Crippen molar-refractivity contribution in [3.8, 4) is 0 Å². The summed E-state index contributed by atoms with van der Waals surface area (Å²) in [6.45, 7) is 6.66. The molecule has 0 aliphatic rings. The molecule has 0 N–H and O–H groups in total. The van der Waals surface area contributed by atoms with Gasteiger partial charge in [0.05, 0.1) is 0 Å². The van der Waals surface area contributed by atoms with E-state index in [2.05, 4.69) is 45.1 Å². The number of unbranched alkanes of at least 4 members (excludes halogenated alkanes) is 37. The predicted molar refractivity (Wildman–Crippen MR) is 275 cm³/mol. The molecule has 0 aromatic carbocycles. The zero-order valence-corrected chi connectivity index (χ0v) is 43.1. The molecule has 0 aliphatic heterocycles. The molecule has 0 radical (unpaired) electrons. The van der Waals surface area contributed by atoms with Crippen molar-refractivity contribution < 1.29 is 28.6 Å². The Kier molecular flexibility index (Phi) is 51.7. The highest BCUT2D eigenvalue weighted by atomic mass is 16.6. The summed E-state index contributed by atoms with van der Waals surface area (Å²) in [4.78, 5) is 38.1. The van der Waals surface area contributed by atoms with E-state index in [1.165, 1.54) is 205 Å². The van der Waals surface area contributed by atoms with Crippen LogP contribution in [-0.2, 0) is 28.6 Å². The van der Waals surface area contributed by atoms with Gasteiger partial charge >= 0.3 is 17.9 Å². The molecule has 0 saturated heterocycles. The molecule has 1 unspecified atom stereocenters. The van der Waals surface area contributed by atoms with Crippen molar-refractivity contribution in [2.24, 2.45) is 0 Å². The van der Waals surface area contributed by atoms with Gasteiger partial charge in [-0.15, -0.1) is 0 Å². The van der Waals surface area contributed by atoms with Crippen molar-refractivity contribution in [1.82, 2.24) is 0 Å². The molecular weight excluding hydrogens is 793 g/mol. The molecule has 0 aromatic rings. The van der Waals surface area contributed by atoms with Crippen LogP contribution in [-0.4, -0.2) is 37.2 Å². The topological polar surface area (TPSA) is 78.9 Å². The van der Waals surface area contributed by atoms with Crippen LogP contribution in [0.4, 0.5) is 0 Å². The van der Waals surface area contributed by atoms with E-state index in [0.29, 0.717) is 19.3 Å². The fraction of sp³-hybridized carbons (Fsp3) is 0.879. The van der Waals surface area contributed by atoms with Crippen molar-refractivity contribution in [2.75, 3.05) is 13.2 Å². The Labute approximate surface area is 398 Å². The number of allylic oxidation sites excluding steroid dienone is 4. The third-order valence-corrected chi connectivity index (χ3v) is 12.7. The summed E-state index contributed by atoms with van der Waals surface area (Å²) in [5, 5.41) is 0. The lowest BCUT2D eigenvalue weighted by molar-refractivity contribution is -0.167. The van der Waals surface area contributed by atoms with Crippen molar-refractivity contribution in [3.05, 3.63) is 24.3 Å². The van der Waals surface area contributed by atoms with Gasteiger partial charge in [0.25, 0.3) is 0 Å². The van der Waals surface area contributed by atoms with Gasteiger partial charge in [-0.3, -0.25) is 14.4 Å². The van der Waals surface area contributed by atoms with E-state index in [4.69, 9.17) is 14.2 Å². The highest BCUT2D eigenvalue weighted by Gasteiger charge is 2.19. The Morgan fingerprint density at radius 3 is 0.781 bits per heavy atom. The lowest BCUT2D eigenvalue weighted by Gasteiger charge is -2.18. The van der Waals surface area contributed by atoms with E-state index in [-0.39, 0.29) is 31.1 Å². The second-order valence-electron chi connectivity index (χ2n) is 19.2. The maximum absolute atomic E-state index is 12.8. The van der Waals surface area contributed by atoms with Crippen LogP contribution in [0.2, 0.25) is 0 Å². The first-order chi connectivity index (χ1) is 31.5. The van der Waals surface area contributed by atoms with Crippen LogP contribution in [0.5, 0.6) is 0 Å². The van der Waals surface area contributed by atoms with Gasteiger partial charge in [0.15, 0.2) is 6.10 Å². The fourth-order valence-corrected chi connectivity index (χ4v) is 8.37. The second-order valence-corrected chi connectivity index (χ2v) is 19.2. The molecule has 64 heavy (non-hydrogen) atoms. The smallest absolute Gasteiger partial charge is 0.306 e. The van der Waals surface area contributed by atoms with E-state index in [1.807, 2.05) is 0 Å². The van der Waals surface area contributed by atoms with Gasteiger partial charge in [-0.05, 0) is 70.6 Å². The van der Waals surface area contributed by atoms with Crippen molar-refractivity contribution in [1.29, 1.82) is 0 Å². The molecule has 0 spiro atoms. The normalized spacial score (nSPS) is 12.1. The van der Waals surface area contributed by atoms with E-state index in [9.17, 15) is 14.4 Å². The molecule has 0 fully saturated rings. The zero-order chi connectivity index (χ0) is 46.5. The van der Waals surface area contributed by atoms with Crippen LogP contribution in [0, 0.1) is 0 Å². The SMILES string of the molecule is CCCCCCCCC/C=C\CCCCCCCCCC(=O)OCC(COC(=O)CCCCCCCCCCCCCC)OC(=O)CCCCCCC/C=C\CCCCCCCCC. The van der Waals surface area contributed by atoms with Crippen molar-refractivity contribution >= 4 is 17.9 Å². The van der Waals surface area contributed by atoms with E-state index >= 15 is 0 Å². The number of hydrogen-bond acceptors (Lipinski definition) is 6. The molecule has 0 aromatic heterocycles. The molecule has 0 heterocycles. The Morgan fingerprint density at radius 1 is 0.297 bits per heavy atom. The summed E-state index contributed by atoms with van der Waals surface area (Å²) in [5.74, 6) is -0.868. The Hall–Kier alpha value is -2.11. The quantitative estimate of drug-likeness (QED) is 0.0262. The summed E-state index contributed by atoms with van der Waals surface area (Å²) in [6, 6.07) is 0. The number of carbonyl (C=O) groups excluding carboxylic acids is 3. The fourth-order valence-electron chi connectivity index (χ4n) is 8.37. The Balaban J connectivity index is 4.33. The van der Waals surface area contributed by atoms with E-state index in [0.717, 1.165) is 64.2 Å². The molecule has 0 saturated carbocycles. The number of rotatable bonds is 52. The van der Waals surface area contributed by atoms with Gasteiger partial charge in [0.2, 0.25) is 0 Å². The minimum atomic E-state index is -0.773. The van der Waals surface area contributed by atoms with Crippen LogP contribution in [0.15, 0.2) is 24.3 Å². The number of carbonyl (C=O) groups is 3. The zero-order valence-electron chi connectivity index (χ0n) is 43.1. The van der Waals surface area contributed by atoms with Crippen LogP contribution >= 0.6 is 0 Å². The highest BCUT2D eigenvalue weighted by molar-refractivity contribution is 5.71. The van der Waals surface area contributed by atoms with Gasteiger partial charge in [-0.1, -0.05) is 244 Å². The minimum Gasteiger partial charge on any atom is -0.462 e. The lowest BCUT2D eigenvalue weighted by Crippen LogP contribution is -2.30. The van der Waals surface area contributed by atoms with Crippen LogP contribution in [0.25, 0.3) is 0 Å². The van der Waals surface area contributed by atoms with Gasteiger partial charge in [0, 0.05) is 19.3 Å². The lowest BCUT2D eigenvalue weighted by atomic mass is 10.0. The molecule has 1 atom stereocenters. The molecule has 6 heteroatoms. The van der Waals surface area contributed by atoms with Gasteiger partial charge in [-0.2, -0.15) is 0 Å². The molecular formula is C58H108O6. The number of hydrogen-bond donors (Lipinski definition) is 0. The number of ether oxygens (including phenoxy) is 3. The first kappa shape index (κ1) is 61.9. The molecule has 6 nitrogen and oxygen atoms in total. The first-order valence-corrected chi connectivity index (χ1v) is 28.3. The van der Waals surface area contributed by atoms with Crippen molar-refractivity contribution in [2.45, 2.75) is 316 Å². The first-order valence-electron chi connectivity index (χ1n) is 28.3. The van der Waals surface area contributed by atoms with Gasteiger partial charge in [0.1, 0.15) is 13.2 Å². The van der Waals surface area contributed by atoms with Crippen LogP contribution < -0.4 is 0 Å². The third kappa shape index (κ3) is 50.9. The van der Waals surface area contributed by atoms with Crippen molar-refractivity contribution in [3.63, 3.8) is 0 Å². The number of esters is 3. The minimum absolute atomic E-state index is 0.0719. The Bertz CT molecular complexity index is 1040. The molecule has 0 amide bonds. The largest absolute Gasteiger partial charge is 0.462 e. The van der Waals surface area contributed by atoms with Crippen LogP contribution in [0.3, 0.4) is 0 Å². The maximum atomic E-state index is 12.8. The summed E-state index contributed by atoms with van der Waals surface area (Å²) in [5.41, 5.74) is 0. The summed E-state index contributed by atoms with van der Waals surface area (Å²) < 4.78 is 16.8. The third-order valence-electron chi connectivity index (χ3n) is 12.7. The van der Waals surface area contributed by atoms with Gasteiger partial charge in [-0.25, -0.2) is 0 Å². The monoisotopic (exact) mass is 901 g/mol. The average Bonchev–Trinajstić information content (AvgIpc) is 3.29. The Morgan fingerprint density at radius 2 is 0.516 bits per heavy atom. The van der Waals surface area contributed by atoms with E-state index in [1.54, 1.807) is 0 Å². The van der Waals surface area contributed by atoms with Crippen LogP contribution in [0.1, 0.15) is 310 Å². The predicted octanol–water partition coefficient (Wildman–Crippen LogP) is 18.7. The average molecular weight is 901 g/mol. The highest BCUT2D eigenvalue weighted by Crippen LogP contribution is 2.16. The maximum Gasteiger partial charge on any atom is 0.306 e. The summed E-state index contributed by atoms with van der Waals surface area (Å²) >= 11 is 0. The standard InChI is InChI=1S/C58H108O6/c1-4-7-10-13-16-19-22-25-27-29-30-32-33-36-39-42-45-48-51-57(60)63-54-55(53-62-56(59)50-47-44-41-38-35-24-21-18-15-12-9-6-3)64-58(61)52-49-46-43-40-37-34-31-28-26-23-20-17-14-11-8-5-2/h27-29,31,55H,4-26,30,32-54H2,1-3H3/b29-27-,31-28-. The molecule has 376 valence electrons. The second kappa shape index (κ2) is 53.5. The molecule has 0 rings (SSSR count). The van der Waals surface area contributed by atoms with E-state index < -0.39 is 6.10 Å².